The van der Waals surface area contributed by atoms with Crippen LogP contribution in [0.3, 0.4) is 0 Å². The summed E-state index contributed by atoms with van der Waals surface area (Å²) >= 11 is 0. The van der Waals surface area contributed by atoms with Gasteiger partial charge in [0.2, 0.25) is 11.8 Å². The van der Waals surface area contributed by atoms with Crippen molar-refractivity contribution in [3.8, 4) is 28.7 Å². The van der Waals surface area contributed by atoms with Crippen molar-refractivity contribution in [1.82, 2.24) is 25.3 Å². The van der Waals surface area contributed by atoms with Crippen LogP contribution in [0, 0.1) is 0 Å². The number of sulfone groups is 1. The highest BCUT2D eigenvalue weighted by atomic mass is 32.2. The molecular formula is C23H21F3N6O4S. The third kappa shape index (κ3) is 5.86. The highest BCUT2D eigenvalue weighted by Gasteiger charge is 2.36. The molecule has 0 aliphatic rings. The van der Waals surface area contributed by atoms with Crippen molar-refractivity contribution in [3.63, 3.8) is 0 Å². The summed E-state index contributed by atoms with van der Waals surface area (Å²) in [6, 6.07) is 12.1. The largest absolute Gasteiger partial charge is 0.435 e. The molecule has 4 rings (SSSR count). The van der Waals surface area contributed by atoms with E-state index >= 15 is 0 Å². The molecule has 0 saturated carbocycles. The molecule has 0 saturated heterocycles. The van der Waals surface area contributed by atoms with Gasteiger partial charge in [0.15, 0.2) is 15.5 Å². The minimum atomic E-state index is -4.74. The number of amides is 1. The molecule has 2 aromatic heterocycles. The zero-order valence-corrected chi connectivity index (χ0v) is 20.3. The fraction of sp³-hybridized carbons (Fsp3) is 0.217. The lowest BCUT2D eigenvalue weighted by atomic mass is 10.2. The SMILES string of the molecule is C[C@H](N)C(=O)NCc1cccc(-n2nc(C(F)(F)F)cc2-c2nnc(-c3ccc(S(C)(=O)=O)cc3)o2)c1. The number of nitrogens with zero attached hydrogens (tertiary/aromatic N) is 4. The van der Waals surface area contributed by atoms with Gasteiger partial charge in [0, 0.05) is 24.4 Å². The second-order valence-electron chi connectivity index (χ2n) is 8.21. The summed E-state index contributed by atoms with van der Waals surface area (Å²) in [5, 5.41) is 14.1. The maximum Gasteiger partial charge on any atom is 0.435 e. The molecule has 2 aromatic carbocycles. The lowest BCUT2D eigenvalue weighted by Gasteiger charge is -2.10. The number of rotatable bonds is 7. The molecule has 1 amide bonds. The molecule has 194 valence electrons. The number of halogens is 3. The maximum absolute atomic E-state index is 13.5. The van der Waals surface area contributed by atoms with Gasteiger partial charge in [0.05, 0.1) is 16.6 Å². The molecule has 0 fully saturated rings. The predicted molar refractivity (Wildman–Crippen MR) is 126 cm³/mol. The number of carbonyl (C=O) groups excluding carboxylic acids is 1. The molecule has 4 aromatic rings. The Labute approximate surface area is 209 Å². The molecule has 0 radical (unpaired) electrons. The van der Waals surface area contributed by atoms with Crippen LogP contribution in [0.2, 0.25) is 0 Å². The van der Waals surface area contributed by atoms with Crippen LogP contribution in [0.15, 0.2) is 63.9 Å². The number of hydrogen-bond donors (Lipinski definition) is 2. The average molecular weight is 535 g/mol. The highest BCUT2D eigenvalue weighted by molar-refractivity contribution is 7.90. The minimum Gasteiger partial charge on any atom is -0.415 e. The van der Waals surface area contributed by atoms with Crippen LogP contribution in [-0.2, 0) is 27.4 Å². The molecule has 1 atom stereocenters. The van der Waals surface area contributed by atoms with Crippen molar-refractivity contribution in [2.75, 3.05) is 6.26 Å². The summed E-state index contributed by atoms with van der Waals surface area (Å²) in [5.74, 6) is -0.642. The van der Waals surface area contributed by atoms with Crippen molar-refractivity contribution in [2.45, 2.75) is 30.6 Å². The van der Waals surface area contributed by atoms with E-state index in [0.29, 0.717) is 11.1 Å². The van der Waals surface area contributed by atoms with E-state index < -0.39 is 27.7 Å². The molecular weight excluding hydrogens is 513 g/mol. The smallest absolute Gasteiger partial charge is 0.415 e. The lowest BCUT2D eigenvalue weighted by Crippen LogP contribution is -2.37. The van der Waals surface area contributed by atoms with Crippen LogP contribution < -0.4 is 11.1 Å². The standard InChI is InChI=1S/C23H21F3N6O4S/c1-13(27)20(33)28-12-14-4-3-5-16(10-14)32-18(11-19(31-32)23(24,25)26)22-30-29-21(36-22)15-6-8-17(9-7-15)37(2,34)35/h3-11,13H,12,27H2,1-2H3,(H,28,33)/t13-/m0/s1. The van der Waals surface area contributed by atoms with Crippen LogP contribution in [0.4, 0.5) is 13.2 Å². The quantitative estimate of drug-likeness (QED) is 0.368. The van der Waals surface area contributed by atoms with Crippen LogP contribution in [-0.4, -0.2) is 46.6 Å². The van der Waals surface area contributed by atoms with Gasteiger partial charge in [0.25, 0.3) is 5.89 Å². The fourth-order valence-electron chi connectivity index (χ4n) is 3.31. The number of benzene rings is 2. The average Bonchev–Trinajstić information content (AvgIpc) is 3.50. The lowest BCUT2D eigenvalue weighted by molar-refractivity contribution is -0.141. The first-order valence-corrected chi connectivity index (χ1v) is 12.7. The number of aromatic nitrogens is 4. The molecule has 10 nitrogen and oxygen atoms in total. The Morgan fingerprint density at radius 3 is 2.41 bits per heavy atom. The summed E-state index contributed by atoms with van der Waals surface area (Å²) in [7, 11) is -3.42. The summed E-state index contributed by atoms with van der Waals surface area (Å²) < 4.78 is 70.6. The molecule has 3 N–H and O–H groups in total. The van der Waals surface area contributed by atoms with Gasteiger partial charge in [-0.05, 0) is 48.9 Å². The molecule has 37 heavy (non-hydrogen) atoms. The van der Waals surface area contributed by atoms with Crippen molar-refractivity contribution < 1.29 is 30.8 Å². The van der Waals surface area contributed by atoms with Gasteiger partial charge in [0.1, 0.15) is 5.69 Å². The summed E-state index contributed by atoms with van der Waals surface area (Å²) in [4.78, 5) is 11.9. The number of nitrogens with one attached hydrogen (secondary N) is 1. The minimum absolute atomic E-state index is 0.0243. The second-order valence-corrected chi connectivity index (χ2v) is 10.2. The number of hydrogen-bond acceptors (Lipinski definition) is 8. The van der Waals surface area contributed by atoms with E-state index in [1.165, 1.54) is 37.3 Å². The normalized spacial score (nSPS) is 12.9. The highest BCUT2D eigenvalue weighted by Crippen LogP contribution is 2.34. The third-order valence-electron chi connectivity index (χ3n) is 5.21. The van der Waals surface area contributed by atoms with E-state index in [9.17, 15) is 26.4 Å². The van der Waals surface area contributed by atoms with Gasteiger partial charge in [-0.25, -0.2) is 13.1 Å². The Hall–Kier alpha value is -4.04. The molecule has 0 unspecified atom stereocenters. The van der Waals surface area contributed by atoms with Crippen LogP contribution >= 0.6 is 0 Å². The van der Waals surface area contributed by atoms with Crippen molar-refractivity contribution in [2.24, 2.45) is 5.73 Å². The van der Waals surface area contributed by atoms with Gasteiger partial charge < -0.3 is 15.5 Å². The van der Waals surface area contributed by atoms with E-state index in [0.717, 1.165) is 17.0 Å². The van der Waals surface area contributed by atoms with Gasteiger partial charge >= 0.3 is 6.18 Å². The molecule has 0 aliphatic heterocycles. The zero-order chi connectivity index (χ0) is 27.0. The Balaban J connectivity index is 1.71. The summed E-state index contributed by atoms with van der Waals surface area (Å²) in [5.41, 5.74) is 5.48. The summed E-state index contributed by atoms with van der Waals surface area (Å²) in [6.07, 6.45) is -3.68. The predicted octanol–water partition coefficient (Wildman–Crippen LogP) is 2.98. The van der Waals surface area contributed by atoms with Crippen LogP contribution in [0.25, 0.3) is 28.7 Å². The topological polar surface area (TPSA) is 146 Å². The Morgan fingerprint density at radius 2 is 1.78 bits per heavy atom. The van der Waals surface area contributed by atoms with E-state index in [1.54, 1.807) is 18.2 Å². The number of nitrogens with two attached hydrogens (primary N) is 1. The van der Waals surface area contributed by atoms with Gasteiger partial charge in [-0.3, -0.25) is 4.79 Å². The Morgan fingerprint density at radius 1 is 1.11 bits per heavy atom. The molecule has 14 heteroatoms. The molecule has 0 bridgehead atoms. The fourth-order valence-corrected chi connectivity index (χ4v) is 3.94. The van der Waals surface area contributed by atoms with Crippen molar-refractivity contribution in [1.29, 1.82) is 0 Å². The first-order valence-electron chi connectivity index (χ1n) is 10.8. The molecule has 0 spiro atoms. The van der Waals surface area contributed by atoms with E-state index in [4.69, 9.17) is 10.2 Å². The summed E-state index contributed by atoms with van der Waals surface area (Å²) in [6.45, 7) is 1.63. The Kier molecular flexibility index (Phi) is 6.88. The first-order chi connectivity index (χ1) is 17.3. The van der Waals surface area contributed by atoms with Gasteiger partial charge in [-0.15, -0.1) is 10.2 Å². The number of carbonyl (C=O) groups is 1. The monoisotopic (exact) mass is 534 g/mol. The maximum atomic E-state index is 13.5. The molecule has 2 heterocycles. The van der Waals surface area contributed by atoms with Gasteiger partial charge in [-0.1, -0.05) is 12.1 Å². The van der Waals surface area contributed by atoms with E-state index in [2.05, 4.69) is 20.6 Å². The Bertz CT molecular complexity index is 1540. The second kappa shape index (κ2) is 9.78. The molecule has 0 aliphatic carbocycles. The number of alkyl halides is 3. The van der Waals surface area contributed by atoms with Crippen molar-refractivity contribution in [3.05, 3.63) is 65.9 Å². The zero-order valence-electron chi connectivity index (χ0n) is 19.5. The third-order valence-corrected chi connectivity index (χ3v) is 6.34. The van der Waals surface area contributed by atoms with Crippen LogP contribution in [0.5, 0.6) is 0 Å². The van der Waals surface area contributed by atoms with E-state index in [-0.39, 0.29) is 40.5 Å². The van der Waals surface area contributed by atoms with Gasteiger partial charge in [-0.2, -0.15) is 18.3 Å². The van der Waals surface area contributed by atoms with E-state index in [1.807, 2.05) is 0 Å². The van der Waals surface area contributed by atoms with Crippen LogP contribution in [0.1, 0.15) is 18.2 Å². The first kappa shape index (κ1) is 26.0. The van der Waals surface area contributed by atoms with Crippen molar-refractivity contribution >= 4 is 15.7 Å².